The van der Waals surface area contributed by atoms with Gasteiger partial charge in [-0.25, -0.2) is 4.79 Å². The lowest BCUT2D eigenvalue weighted by atomic mass is 10.1. The van der Waals surface area contributed by atoms with Crippen molar-refractivity contribution in [1.29, 1.82) is 5.26 Å². The van der Waals surface area contributed by atoms with E-state index in [1.54, 1.807) is 0 Å². The van der Waals surface area contributed by atoms with E-state index in [1.807, 2.05) is 48.5 Å². The van der Waals surface area contributed by atoms with Gasteiger partial charge in [0.1, 0.15) is 11.6 Å². The molecule has 0 aliphatic rings. The van der Waals surface area contributed by atoms with Crippen LogP contribution in [0.3, 0.4) is 0 Å². The molecule has 0 saturated carbocycles. The van der Waals surface area contributed by atoms with Gasteiger partial charge in [0.15, 0.2) is 0 Å². The van der Waals surface area contributed by atoms with Crippen molar-refractivity contribution in [2.45, 2.75) is 0 Å². The molecular weight excluding hydrogens is 226 g/mol. The first-order valence-corrected chi connectivity index (χ1v) is 5.43. The number of nitrogens with zero attached hydrogens (tertiary/aromatic N) is 1. The topological polar surface area (TPSA) is 50.1 Å². The van der Waals surface area contributed by atoms with Crippen molar-refractivity contribution < 1.29 is 9.53 Å². The number of esters is 1. The van der Waals surface area contributed by atoms with Gasteiger partial charge in [-0.15, -0.1) is 0 Å². The van der Waals surface area contributed by atoms with Crippen LogP contribution in [0.4, 0.5) is 0 Å². The summed E-state index contributed by atoms with van der Waals surface area (Å²) >= 11 is 0. The summed E-state index contributed by atoms with van der Waals surface area (Å²) in [6, 6.07) is 15.5. The molecule has 0 fully saturated rings. The van der Waals surface area contributed by atoms with Gasteiger partial charge in [0.25, 0.3) is 0 Å². The molecule has 3 heteroatoms. The van der Waals surface area contributed by atoms with Gasteiger partial charge < -0.3 is 4.74 Å². The highest BCUT2D eigenvalue weighted by Crippen LogP contribution is 2.17. The van der Waals surface area contributed by atoms with Crippen LogP contribution in [0.15, 0.2) is 48.0 Å². The summed E-state index contributed by atoms with van der Waals surface area (Å²) in [4.78, 5) is 11.3. The molecule has 3 nitrogen and oxygen atoms in total. The van der Waals surface area contributed by atoms with Crippen molar-refractivity contribution >= 4 is 22.8 Å². The minimum Gasteiger partial charge on any atom is -0.465 e. The lowest BCUT2D eigenvalue weighted by Gasteiger charge is -2.00. The highest BCUT2D eigenvalue weighted by Gasteiger charge is 2.08. The van der Waals surface area contributed by atoms with Crippen LogP contribution >= 0.6 is 0 Å². The lowest BCUT2D eigenvalue weighted by molar-refractivity contribution is -0.135. The van der Waals surface area contributed by atoms with Crippen molar-refractivity contribution in [2.75, 3.05) is 7.11 Å². The summed E-state index contributed by atoms with van der Waals surface area (Å²) in [6.45, 7) is 0. The maximum Gasteiger partial charge on any atom is 0.348 e. The van der Waals surface area contributed by atoms with Gasteiger partial charge >= 0.3 is 5.97 Å². The van der Waals surface area contributed by atoms with Crippen LogP contribution in [0.1, 0.15) is 5.56 Å². The number of carbonyl (C=O) groups excluding carboxylic acids is 1. The van der Waals surface area contributed by atoms with Gasteiger partial charge in [-0.05, 0) is 28.5 Å². The Morgan fingerprint density at radius 3 is 2.61 bits per heavy atom. The van der Waals surface area contributed by atoms with Gasteiger partial charge in [-0.2, -0.15) is 5.26 Å². The van der Waals surface area contributed by atoms with Gasteiger partial charge in [0, 0.05) is 0 Å². The Morgan fingerprint density at radius 2 is 1.94 bits per heavy atom. The van der Waals surface area contributed by atoms with E-state index in [1.165, 1.54) is 13.2 Å². The molecule has 0 N–H and O–H groups in total. The maximum absolute atomic E-state index is 11.3. The van der Waals surface area contributed by atoms with E-state index in [-0.39, 0.29) is 5.57 Å². The molecule has 18 heavy (non-hydrogen) atoms. The van der Waals surface area contributed by atoms with Gasteiger partial charge in [-0.3, -0.25) is 0 Å². The van der Waals surface area contributed by atoms with Crippen molar-refractivity contribution in [3.63, 3.8) is 0 Å². The maximum atomic E-state index is 11.3. The first-order chi connectivity index (χ1) is 8.74. The second-order valence-electron chi connectivity index (χ2n) is 3.77. The minimum absolute atomic E-state index is 0.00668. The molecule has 0 spiro atoms. The fourth-order valence-electron chi connectivity index (χ4n) is 1.71. The van der Waals surface area contributed by atoms with Crippen LogP contribution < -0.4 is 0 Å². The number of rotatable bonds is 2. The molecule has 2 rings (SSSR count). The largest absolute Gasteiger partial charge is 0.465 e. The summed E-state index contributed by atoms with van der Waals surface area (Å²) in [7, 11) is 1.26. The monoisotopic (exact) mass is 237 g/mol. The molecule has 0 saturated heterocycles. The Kier molecular flexibility index (Phi) is 3.40. The van der Waals surface area contributed by atoms with Crippen LogP contribution in [-0.4, -0.2) is 13.1 Å². The number of carbonyl (C=O) groups is 1. The normalized spacial score (nSPS) is 11.0. The van der Waals surface area contributed by atoms with Crippen molar-refractivity contribution in [2.24, 2.45) is 0 Å². The van der Waals surface area contributed by atoms with Gasteiger partial charge in [0.05, 0.1) is 7.11 Å². The quantitative estimate of drug-likeness (QED) is 0.458. The van der Waals surface area contributed by atoms with Crippen LogP contribution in [0.2, 0.25) is 0 Å². The molecule has 0 aliphatic carbocycles. The predicted molar refractivity (Wildman–Crippen MR) is 69.6 cm³/mol. The second kappa shape index (κ2) is 5.15. The van der Waals surface area contributed by atoms with Crippen molar-refractivity contribution in [1.82, 2.24) is 0 Å². The molecule has 0 aliphatic heterocycles. The fourth-order valence-corrected chi connectivity index (χ4v) is 1.71. The zero-order valence-corrected chi connectivity index (χ0v) is 9.88. The summed E-state index contributed by atoms with van der Waals surface area (Å²) in [5, 5.41) is 11.1. The Morgan fingerprint density at radius 1 is 1.22 bits per heavy atom. The van der Waals surface area contributed by atoms with Crippen molar-refractivity contribution in [3.8, 4) is 6.07 Å². The molecule has 0 atom stereocenters. The highest BCUT2D eigenvalue weighted by atomic mass is 16.5. The highest BCUT2D eigenvalue weighted by molar-refractivity contribution is 5.98. The van der Waals surface area contributed by atoms with E-state index >= 15 is 0 Å². The Bertz CT molecular complexity index is 665. The number of hydrogen-bond acceptors (Lipinski definition) is 3. The zero-order chi connectivity index (χ0) is 13.0. The summed E-state index contributed by atoms with van der Waals surface area (Å²) in [5.41, 5.74) is 0.795. The third-order valence-corrected chi connectivity index (χ3v) is 2.61. The van der Waals surface area contributed by atoms with E-state index in [2.05, 4.69) is 4.74 Å². The molecule has 2 aromatic rings. The zero-order valence-electron chi connectivity index (χ0n) is 9.88. The second-order valence-corrected chi connectivity index (χ2v) is 3.77. The van der Waals surface area contributed by atoms with Crippen LogP contribution in [-0.2, 0) is 9.53 Å². The fraction of sp³-hybridized carbons (Fsp3) is 0.0667. The first kappa shape index (κ1) is 11.9. The average Bonchev–Trinajstić information content (AvgIpc) is 2.43. The van der Waals surface area contributed by atoms with Gasteiger partial charge in [0.2, 0.25) is 0 Å². The number of benzene rings is 2. The van der Waals surface area contributed by atoms with Crippen LogP contribution in [0.5, 0.6) is 0 Å². The molecule has 0 bridgehead atoms. The minimum atomic E-state index is -0.620. The molecule has 0 unspecified atom stereocenters. The molecule has 2 aromatic carbocycles. The first-order valence-electron chi connectivity index (χ1n) is 5.43. The molecule has 0 heterocycles. The van der Waals surface area contributed by atoms with E-state index in [9.17, 15) is 4.79 Å². The molecule has 0 aromatic heterocycles. The van der Waals surface area contributed by atoms with E-state index in [4.69, 9.17) is 5.26 Å². The van der Waals surface area contributed by atoms with Crippen molar-refractivity contribution in [3.05, 3.63) is 53.6 Å². The predicted octanol–water partition coefficient (Wildman–Crippen LogP) is 2.92. The average molecular weight is 237 g/mol. The number of nitriles is 1. The number of ether oxygens (including phenoxy) is 1. The Hall–Kier alpha value is -2.60. The third kappa shape index (κ3) is 2.38. The summed E-state index contributed by atoms with van der Waals surface area (Å²) in [6.07, 6.45) is 1.53. The standard InChI is InChI=1S/C15H11NO2/c1-18-15(17)14(10-16)9-11-6-7-12-4-2-3-5-13(12)8-11/h2-9H,1H3/b14-9+. The van der Waals surface area contributed by atoms with E-state index < -0.39 is 5.97 Å². The smallest absolute Gasteiger partial charge is 0.348 e. The lowest BCUT2D eigenvalue weighted by Crippen LogP contribution is -2.02. The molecule has 0 amide bonds. The van der Waals surface area contributed by atoms with Crippen LogP contribution in [0.25, 0.3) is 16.8 Å². The summed E-state index contributed by atoms with van der Waals surface area (Å²) in [5.74, 6) is -0.620. The van der Waals surface area contributed by atoms with E-state index in [0.717, 1.165) is 16.3 Å². The Balaban J connectivity index is 2.46. The Labute approximate surface area is 105 Å². The van der Waals surface area contributed by atoms with Gasteiger partial charge in [-0.1, -0.05) is 36.4 Å². The molecular formula is C15H11NO2. The number of hydrogen-bond donors (Lipinski definition) is 0. The molecule has 88 valence electrons. The summed E-state index contributed by atoms with van der Waals surface area (Å²) < 4.78 is 4.53. The number of fused-ring (bicyclic) bond motifs is 1. The van der Waals surface area contributed by atoms with Crippen LogP contribution in [0, 0.1) is 11.3 Å². The number of methoxy groups -OCH3 is 1. The van der Waals surface area contributed by atoms with E-state index in [0.29, 0.717) is 0 Å². The molecule has 0 radical (unpaired) electrons. The SMILES string of the molecule is COC(=O)/C(C#N)=C/c1ccc2ccccc2c1. The third-order valence-electron chi connectivity index (χ3n) is 2.61.